The molecule has 12 nitrogen and oxygen atoms in total. The van der Waals surface area contributed by atoms with Crippen LogP contribution in [0.5, 0.6) is 11.5 Å². The first kappa shape index (κ1) is 34.9. The normalized spacial score (nSPS) is 17.0. The fraction of sp³-hybridized carbons (Fsp3) is 0.333. The van der Waals surface area contributed by atoms with Crippen LogP contribution in [0.2, 0.25) is 0 Å². The van der Waals surface area contributed by atoms with E-state index in [1.165, 1.54) is 24.8 Å². The zero-order valence-corrected chi connectivity index (χ0v) is 28.8. The van der Waals surface area contributed by atoms with E-state index < -0.39 is 55.2 Å². The Morgan fingerprint density at radius 1 is 1.08 bits per heavy atom. The van der Waals surface area contributed by atoms with Crippen LogP contribution < -0.4 is 15.0 Å². The van der Waals surface area contributed by atoms with Crippen molar-refractivity contribution in [3.8, 4) is 22.9 Å². The fourth-order valence-corrected chi connectivity index (χ4v) is 6.40. The van der Waals surface area contributed by atoms with Gasteiger partial charge in [0.2, 0.25) is 11.7 Å². The van der Waals surface area contributed by atoms with Crippen LogP contribution in [-0.4, -0.2) is 58.8 Å². The molecular weight excluding hydrogens is 664 g/mol. The van der Waals surface area contributed by atoms with Gasteiger partial charge in [0.1, 0.15) is 39.1 Å². The van der Waals surface area contributed by atoms with Crippen LogP contribution >= 0.6 is 0 Å². The average Bonchev–Trinajstić information content (AvgIpc) is 3.47. The molecule has 15 heteroatoms. The van der Waals surface area contributed by atoms with Crippen molar-refractivity contribution in [2.24, 2.45) is 0 Å². The van der Waals surface area contributed by atoms with E-state index in [0.29, 0.717) is 17.1 Å². The van der Waals surface area contributed by atoms with Gasteiger partial charge in [-0.05, 0) is 81.7 Å². The molecule has 0 saturated heterocycles. The SMILES string of the molecule is CC(C)(C)OC(=O)N[C@H]1C[S+]([O-])c2cc(F)c(-c3noc(C(C)(C)S(C)(=O)=O)n3)cc2N(Cc2ccc(Oc3ccccc3)cc2)C1=O. The molecule has 0 saturated carbocycles. The number of carbonyl (C=O) groups excluding carboxylic acids is 2. The van der Waals surface area contributed by atoms with E-state index in [0.717, 1.165) is 12.3 Å². The van der Waals surface area contributed by atoms with E-state index >= 15 is 4.39 Å². The number of anilines is 1. The maximum atomic E-state index is 15.7. The van der Waals surface area contributed by atoms with E-state index in [1.807, 2.05) is 30.3 Å². The summed E-state index contributed by atoms with van der Waals surface area (Å²) in [6, 6.07) is 17.1. The molecule has 1 aromatic heterocycles. The van der Waals surface area contributed by atoms with Crippen molar-refractivity contribution >= 4 is 38.7 Å². The second-order valence-electron chi connectivity index (χ2n) is 12.7. The number of alkyl carbamates (subject to hydrolysis) is 1. The predicted molar refractivity (Wildman–Crippen MR) is 176 cm³/mol. The minimum absolute atomic E-state index is 0.00213. The summed E-state index contributed by atoms with van der Waals surface area (Å²) in [6.07, 6.45) is 0.131. The number of benzene rings is 3. The van der Waals surface area contributed by atoms with Gasteiger partial charge in [0, 0.05) is 12.3 Å². The molecule has 2 atom stereocenters. The zero-order valence-electron chi connectivity index (χ0n) is 27.1. The Labute approximate surface area is 280 Å². The lowest BCUT2D eigenvalue weighted by Crippen LogP contribution is -2.51. The van der Waals surface area contributed by atoms with Gasteiger partial charge < -0.3 is 28.8 Å². The molecule has 0 fully saturated rings. The molecule has 1 N–H and O–H groups in total. The highest BCUT2D eigenvalue weighted by Gasteiger charge is 2.41. The molecule has 2 amide bonds. The van der Waals surface area contributed by atoms with Crippen molar-refractivity contribution in [2.75, 3.05) is 16.9 Å². The number of ether oxygens (including phenoxy) is 2. The number of nitrogens with one attached hydrogen (secondary N) is 1. The summed E-state index contributed by atoms with van der Waals surface area (Å²) in [7, 11) is -3.70. The van der Waals surface area contributed by atoms with E-state index in [2.05, 4.69) is 15.5 Å². The van der Waals surface area contributed by atoms with Crippen molar-refractivity contribution in [3.63, 3.8) is 0 Å². The molecule has 0 aliphatic carbocycles. The Balaban J connectivity index is 1.54. The molecule has 5 rings (SSSR count). The third-order valence-electron chi connectivity index (χ3n) is 7.51. The van der Waals surface area contributed by atoms with E-state index in [1.54, 1.807) is 45.0 Å². The second-order valence-corrected chi connectivity index (χ2v) is 16.7. The van der Waals surface area contributed by atoms with Crippen LogP contribution in [0.15, 0.2) is 76.1 Å². The Hall–Kier alpha value is -4.47. The van der Waals surface area contributed by atoms with Crippen LogP contribution in [0.3, 0.4) is 0 Å². The monoisotopic (exact) mass is 698 g/mol. The Morgan fingerprint density at radius 2 is 1.73 bits per heavy atom. The molecule has 0 spiro atoms. The lowest BCUT2D eigenvalue weighted by Gasteiger charge is -2.26. The summed E-state index contributed by atoms with van der Waals surface area (Å²) in [4.78, 5) is 32.3. The number of rotatable bonds is 8. The highest BCUT2D eigenvalue weighted by Crippen LogP contribution is 2.38. The highest BCUT2D eigenvalue weighted by molar-refractivity contribution is 7.92. The molecule has 0 bridgehead atoms. The summed E-state index contributed by atoms with van der Waals surface area (Å²) in [5.74, 6) is -1.19. The van der Waals surface area contributed by atoms with Crippen LogP contribution in [0.1, 0.15) is 46.1 Å². The Kier molecular flexibility index (Phi) is 9.59. The molecular formula is C33H35FN4O8S2. The number of fused-ring (bicyclic) bond motifs is 1. The Bertz CT molecular complexity index is 1930. The lowest BCUT2D eigenvalue weighted by atomic mass is 10.1. The maximum Gasteiger partial charge on any atom is 0.408 e. The number of hydrogen-bond acceptors (Lipinski definition) is 10. The van der Waals surface area contributed by atoms with E-state index in [9.17, 15) is 22.6 Å². The standard InChI is InChI=1S/C33H35FN4O8S2/c1-32(2,3)45-31(40)35-25-19-47(41)27-17-24(34)23(28-36-30(46-37-28)33(4,5)48(6,42)43)16-26(27)38(29(25)39)18-20-12-14-22(15-13-20)44-21-10-8-7-9-11-21/h7-17,25H,18-19H2,1-6H3,(H,35,40)/t25-,47?/m0/s1. The van der Waals surface area contributed by atoms with Gasteiger partial charge in [0.05, 0.1) is 12.1 Å². The smallest absolute Gasteiger partial charge is 0.408 e. The lowest BCUT2D eigenvalue weighted by molar-refractivity contribution is -0.120. The molecule has 4 aromatic rings. The van der Waals surface area contributed by atoms with Crippen LogP contribution in [0, 0.1) is 5.82 Å². The number of nitrogens with zero attached hydrogens (tertiary/aromatic N) is 3. The van der Waals surface area contributed by atoms with Crippen LogP contribution in [0.4, 0.5) is 14.9 Å². The highest BCUT2D eigenvalue weighted by atomic mass is 32.2. The quantitative estimate of drug-likeness (QED) is 0.233. The number of hydrogen-bond donors (Lipinski definition) is 1. The summed E-state index contributed by atoms with van der Waals surface area (Å²) in [6.45, 7) is 7.69. The van der Waals surface area contributed by atoms with E-state index in [-0.39, 0.29) is 40.2 Å². The van der Waals surface area contributed by atoms with Gasteiger partial charge in [-0.2, -0.15) is 4.98 Å². The first-order valence-corrected chi connectivity index (χ1v) is 18.0. The number of sulfone groups is 1. The van der Waals surface area contributed by atoms with Gasteiger partial charge >= 0.3 is 6.09 Å². The Morgan fingerprint density at radius 3 is 2.35 bits per heavy atom. The van der Waals surface area contributed by atoms with Crippen molar-refractivity contribution < 1.29 is 40.9 Å². The van der Waals surface area contributed by atoms with Gasteiger partial charge in [-0.25, -0.2) is 17.6 Å². The number of carbonyl (C=O) groups is 2. The molecule has 3 aromatic carbocycles. The molecule has 2 heterocycles. The van der Waals surface area contributed by atoms with Gasteiger partial charge in [-0.1, -0.05) is 35.5 Å². The first-order valence-electron chi connectivity index (χ1n) is 14.8. The largest absolute Gasteiger partial charge is 0.611 e. The minimum atomic E-state index is -3.70. The maximum absolute atomic E-state index is 15.7. The first-order chi connectivity index (χ1) is 22.4. The molecule has 1 aliphatic heterocycles. The summed E-state index contributed by atoms with van der Waals surface area (Å²) < 4.78 is 68.9. The molecule has 48 heavy (non-hydrogen) atoms. The molecule has 0 radical (unpaired) electrons. The number of amides is 2. The molecule has 1 unspecified atom stereocenters. The zero-order chi connectivity index (χ0) is 35.0. The van der Waals surface area contributed by atoms with Crippen LogP contribution in [0.25, 0.3) is 11.4 Å². The van der Waals surface area contributed by atoms with Crippen molar-refractivity contribution in [1.82, 2.24) is 15.5 Å². The van der Waals surface area contributed by atoms with Gasteiger partial charge in [-0.15, -0.1) is 0 Å². The summed E-state index contributed by atoms with van der Waals surface area (Å²) >= 11 is -1.96. The number of para-hydroxylation sites is 1. The van der Waals surface area contributed by atoms with Crippen LogP contribution in [-0.2, 0) is 41.8 Å². The third kappa shape index (κ3) is 7.63. The van der Waals surface area contributed by atoms with Gasteiger partial charge in [-0.3, -0.25) is 4.79 Å². The van der Waals surface area contributed by atoms with E-state index in [4.69, 9.17) is 14.0 Å². The minimum Gasteiger partial charge on any atom is -0.611 e. The van der Waals surface area contributed by atoms with Gasteiger partial charge in [0.25, 0.3) is 5.91 Å². The molecule has 1 aliphatic rings. The fourth-order valence-electron chi connectivity index (χ4n) is 4.65. The van der Waals surface area contributed by atoms with Crippen molar-refractivity contribution in [1.29, 1.82) is 0 Å². The summed E-state index contributed by atoms with van der Waals surface area (Å²) in [5, 5.41) is 6.34. The summed E-state index contributed by atoms with van der Waals surface area (Å²) in [5.41, 5.74) is -0.355. The third-order valence-corrected chi connectivity index (χ3v) is 11.0. The number of aromatic nitrogens is 2. The topological polar surface area (TPSA) is 164 Å². The van der Waals surface area contributed by atoms with Crippen molar-refractivity contribution in [3.05, 3.63) is 84.0 Å². The van der Waals surface area contributed by atoms with Gasteiger partial charge in [0.15, 0.2) is 20.8 Å². The second kappa shape index (κ2) is 13.2. The predicted octanol–water partition coefficient (Wildman–Crippen LogP) is 5.50. The average molecular weight is 699 g/mol. The van der Waals surface area contributed by atoms with Crippen molar-refractivity contribution in [2.45, 2.75) is 62.4 Å². The molecule has 254 valence electrons. The number of halogens is 1.